The van der Waals surface area contributed by atoms with Gasteiger partial charge in [-0.2, -0.15) is 13.2 Å². The highest BCUT2D eigenvalue weighted by Gasteiger charge is 2.36. The predicted octanol–water partition coefficient (Wildman–Crippen LogP) is 5.81. The highest BCUT2D eigenvalue weighted by Crippen LogP contribution is 2.34. The van der Waals surface area contributed by atoms with Crippen molar-refractivity contribution in [1.82, 2.24) is 9.55 Å². The first-order valence-corrected chi connectivity index (χ1v) is 10.6. The summed E-state index contributed by atoms with van der Waals surface area (Å²) in [6, 6.07) is 9.52. The lowest BCUT2D eigenvalue weighted by Gasteiger charge is -2.17. The molecule has 0 fully saturated rings. The number of nitrogens with two attached hydrogens (primary N) is 1. The van der Waals surface area contributed by atoms with Crippen LogP contribution in [0.1, 0.15) is 16.1 Å². The molecule has 1 amide bonds. The fourth-order valence-corrected chi connectivity index (χ4v) is 3.43. The molecule has 2 heterocycles. The molecule has 0 spiro atoms. The number of carbonyl (C=O) groups is 1. The third kappa shape index (κ3) is 5.38. The number of nitrogens with one attached hydrogen (secondary N) is 1. The maximum absolute atomic E-state index is 14.6. The van der Waals surface area contributed by atoms with E-state index in [2.05, 4.69) is 10.3 Å². The molecule has 190 valence electrons. The van der Waals surface area contributed by atoms with Gasteiger partial charge in [0, 0.05) is 29.7 Å². The van der Waals surface area contributed by atoms with E-state index in [0.717, 1.165) is 36.4 Å². The lowest BCUT2D eigenvalue weighted by Crippen LogP contribution is -2.32. The molecule has 0 radical (unpaired) electrons. The molecule has 4 rings (SSSR count). The van der Waals surface area contributed by atoms with Gasteiger partial charge >= 0.3 is 6.18 Å². The minimum Gasteiger partial charge on any atom is -0.453 e. The molecule has 0 aliphatic heterocycles. The number of amides is 1. The fourth-order valence-electron chi connectivity index (χ4n) is 3.28. The molecule has 3 N–H and O–H groups in total. The molecule has 0 bridgehead atoms. The lowest BCUT2D eigenvalue weighted by atomic mass is 10.2. The number of hydrogen-bond donors (Lipinski definition) is 2. The van der Waals surface area contributed by atoms with Crippen LogP contribution < -0.4 is 21.3 Å². The number of nitrogen functional groups attached to an aromatic ring is 1. The Balaban J connectivity index is 1.64. The lowest BCUT2D eigenvalue weighted by molar-refractivity contribution is -0.142. The maximum Gasteiger partial charge on any atom is 0.431 e. The molecule has 0 aliphatic carbocycles. The molecule has 7 nitrogen and oxygen atoms in total. The van der Waals surface area contributed by atoms with Crippen LogP contribution in [0, 0.1) is 11.6 Å². The molecule has 0 saturated heterocycles. The van der Waals surface area contributed by atoms with Crippen LogP contribution >= 0.6 is 11.6 Å². The summed E-state index contributed by atoms with van der Waals surface area (Å²) >= 11 is 5.97. The topological polar surface area (TPSA) is 99.2 Å². The van der Waals surface area contributed by atoms with Gasteiger partial charge in [-0.05, 0) is 48.5 Å². The summed E-state index contributed by atoms with van der Waals surface area (Å²) in [6.45, 7) is 0. The van der Waals surface area contributed by atoms with Gasteiger partial charge in [0.15, 0.2) is 17.3 Å². The van der Waals surface area contributed by atoms with E-state index in [1.165, 1.54) is 18.3 Å². The molecular weight excluding hydrogens is 523 g/mol. The van der Waals surface area contributed by atoms with Crippen molar-refractivity contribution < 1.29 is 31.5 Å². The fraction of sp³-hybridized carbons (Fsp3) is 0.0417. The van der Waals surface area contributed by atoms with E-state index < -0.39 is 40.5 Å². The van der Waals surface area contributed by atoms with E-state index in [9.17, 15) is 31.5 Å². The SMILES string of the molecule is Nc1nccc(Oc2ccc(NC(=O)c3ccc(C(F)(F)F)n(-c4ccc(F)cc4)c3=O)cc2F)c1Cl. The zero-order chi connectivity index (χ0) is 26.9. The molecule has 0 aliphatic rings. The van der Waals surface area contributed by atoms with Gasteiger partial charge < -0.3 is 15.8 Å². The van der Waals surface area contributed by atoms with E-state index in [1.54, 1.807) is 0 Å². The number of rotatable bonds is 5. The Hall–Kier alpha value is -4.45. The first-order chi connectivity index (χ1) is 17.5. The number of halogens is 6. The molecular formula is C24H14ClF5N4O3. The predicted molar refractivity (Wildman–Crippen MR) is 125 cm³/mol. The first kappa shape index (κ1) is 25.6. The molecule has 2 aromatic heterocycles. The van der Waals surface area contributed by atoms with Gasteiger partial charge in [0.05, 0.1) is 0 Å². The quantitative estimate of drug-likeness (QED) is 0.314. The summed E-state index contributed by atoms with van der Waals surface area (Å²) in [7, 11) is 0. The van der Waals surface area contributed by atoms with Crippen molar-refractivity contribution in [2.75, 3.05) is 11.1 Å². The second-order valence-electron chi connectivity index (χ2n) is 7.46. The minimum atomic E-state index is -4.95. The summed E-state index contributed by atoms with van der Waals surface area (Å²) in [5.74, 6) is -3.06. The van der Waals surface area contributed by atoms with Crippen LogP contribution in [0.4, 0.5) is 33.5 Å². The van der Waals surface area contributed by atoms with Crippen molar-refractivity contribution in [2.24, 2.45) is 0 Å². The van der Waals surface area contributed by atoms with Crippen molar-refractivity contribution in [3.05, 3.63) is 105 Å². The van der Waals surface area contributed by atoms with Crippen LogP contribution in [-0.2, 0) is 6.18 Å². The van der Waals surface area contributed by atoms with Crippen LogP contribution in [0.3, 0.4) is 0 Å². The Morgan fingerprint density at radius 2 is 1.70 bits per heavy atom. The van der Waals surface area contributed by atoms with Gasteiger partial charge in [-0.15, -0.1) is 0 Å². The Labute approximate surface area is 209 Å². The average molecular weight is 537 g/mol. The van der Waals surface area contributed by atoms with Crippen molar-refractivity contribution in [1.29, 1.82) is 0 Å². The molecule has 2 aromatic carbocycles. The van der Waals surface area contributed by atoms with Gasteiger partial charge in [0.1, 0.15) is 27.9 Å². The average Bonchev–Trinajstić information content (AvgIpc) is 2.83. The smallest absolute Gasteiger partial charge is 0.431 e. The van der Waals surface area contributed by atoms with E-state index >= 15 is 0 Å². The van der Waals surface area contributed by atoms with Crippen LogP contribution in [-0.4, -0.2) is 15.5 Å². The monoisotopic (exact) mass is 536 g/mol. The number of anilines is 2. The van der Waals surface area contributed by atoms with E-state index in [1.807, 2.05) is 0 Å². The van der Waals surface area contributed by atoms with Crippen molar-refractivity contribution in [3.63, 3.8) is 0 Å². The molecule has 0 unspecified atom stereocenters. The Morgan fingerprint density at radius 1 is 1.00 bits per heavy atom. The number of nitrogens with zero attached hydrogens (tertiary/aromatic N) is 2. The van der Waals surface area contributed by atoms with E-state index in [-0.39, 0.29) is 38.3 Å². The summed E-state index contributed by atoms with van der Waals surface area (Å²) in [5, 5.41) is 2.21. The number of aromatic nitrogens is 2. The Bertz CT molecular complexity index is 1560. The highest BCUT2D eigenvalue weighted by molar-refractivity contribution is 6.34. The van der Waals surface area contributed by atoms with E-state index in [0.29, 0.717) is 12.1 Å². The molecule has 0 atom stereocenters. The second-order valence-corrected chi connectivity index (χ2v) is 7.83. The van der Waals surface area contributed by atoms with Crippen LogP contribution in [0.5, 0.6) is 11.5 Å². The standard InChI is InChI=1S/C24H14ClF5N4O3/c25-20-18(9-10-32-21(20)31)37-17-7-3-13(11-16(17)27)33-22(35)15-6-8-19(24(28,29)30)34(23(15)36)14-4-1-12(26)2-5-14/h1-11H,(H2,31,32)(H,33,35). The van der Waals surface area contributed by atoms with Crippen molar-refractivity contribution in [3.8, 4) is 17.2 Å². The normalized spacial score (nSPS) is 11.3. The van der Waals surface area contributed by atoms with Gasteiger partial charge in [-0.3, -0.25) is 14.2 Å². The second kappa shape index (κ2) is 9.90. The molecule has 13 heteroatoms. The summed E-state index contributed by atoms with van der Waals surface area (Å²) < 4.78 is 74.2. The zero-order valence-corrected chi connectivity index (χ0v) is 19.1. The Morgan fingerprint density at radius 3 is 2.35 bits per heavy atom. The van der Waals surface area contributed by atoms with Crippen LogP contribution in [0.25, 0.3) is 5.69 Å². The van der Waals surface area contributed by atoms with Gasteiger partial charge in [0.25, 0.3) is 11.5 Å². The van der Waals surface area contributed by atoms with Crippen molar-refractivity contribution in [2.45, 2.75) is 6.18 Å². The van der Waals surface area contributed by atoms with Crippen LogP contribution in [0.15, 0.2) is 71.7 Å². The summed E-state index contributed by atoms with van der Waals surface area (Å²) in [5.41, 5.74) is 1.79. The number of pyridine rings is 2. The van der Waals surface area contributed by atoms with E-state index in [4.69, 9.17) is 22.1 Å². The largest absolute Gasteiger partial charge is 0.453 e. The number of benzene rings is 2. The maximum atomic E-state index is 14.6. The number of carbonyl (C=O) groups excluding carboxylic acids is 1. The molecule has 0 saturated carbocycles. The van der Waals surface area contributed by atoms with Gasteiger partial charge in [0.2, 0.25) is 0 Å². The highest BCUT2D eigenvalue weighted by atomic mass is 35.5. The third-order valence-corrected chi connectivity index (χ3v) is 5.37. The zero-order valence-electron chi connectivity index (χ0n) is 18.3. The number of alkyl halides is 3. The number of hydrogen-bond acceptors (Lipinski definition) is 5. The van der Waals surface area contributed by atoms with Gasteiger partial charge in [-0.25, -0.2) is 13.8 Å². The third-order valence-electron chi connectivity index (χ3n) is 4.99. The Kier molecular flexibility index (Phi) is 6.86. The minimum absolute atomic E-state index is 0.0240. The number of ether oxygens (including phenoxy) is 1. The molecule has 4 aromatic rings. The molecule has 37 heavy (non-hydrogen) atoms. The first-order valence-electron chi connectivity index (χ1n) is 10.2. The van der Waals surface area contributed by atoms with Crippen molar-refractivity contribution >= 4 is 29.0 Å². The van der Waals surface area contributed by atoms with Gasteiger partial charge in [-0.1, -0.05) is 11.6 Å². The summed E-state index contributed by atoms with van der Waals surface area (Å²) in [6.07, 6.45) is -3.66. The summed E-state index contributed by atoms with van der Waals surface area (Å²) in [4.78, 5) is 29.4. The van der Waals surface area contributed by atoms with Crippen LogP contribution in [0.2, 0.25) is 5.02 Å².